The summed E-state index contributed by atoms with van der Waals surface area (Å²) in [7, 11) is 0. The minimum absolute atomic E-state index is 0.000273. The molecular weight excluding hydrogens is 378 g/mol. The van der Waals surface area contributed by atoms with Crippen molar-refractivity contribution in [2.24, 2.45) is 0 Å². The Morgan fingerprint density at radius 2 is 2.00 bits per heavy atom. The second kappa shape index (κ2) is 8.00. The Balaban J connectivity index is 1.78. The van der Waals surface area contributed by atoms with E-state index in [4.69, 9.17) is 15.2 Å². The number of hydrogen-bond donors (Lipinski definition) is 7. The Kier molecular flexibility index (Phi) is 5.85. The van der Waals surface area contributed by atoms with Crippen LogP contribution in [0.3, 0.4) is 0 Å². The van der Waals surface area contributed by atoms with Crippen LogP contribution in [0.4, 0.5) is 5.95 Å². The maximum Gasteiger partial charge on any atom is 0.280 e. The monoisotopic (exact) mass is 399 g/mol. The molecule has 1 aliphatic heterocycles. The summed E-state index contributed by atoms with van der Waals surface area (Å²) in [5.74, 6) is -0.126. The molecule has 154 valence electrons. The van der Waals surface area contributed by atoms with Gasteiger partial charge in [0, 0.05) is 0 Å². The third kappa shape index (κ3) is 3.81. The molecule has 0 bridgehead atoms. The van der Waals surface area contributed by atoms with E-state index in [2.05, 4.69) is 19.9 Å². The number of aromatic nitrogens is 4. The Hall–Kier alpha value is -2.26. The molecule has 3 rings (SSSR count). The summed E-state index contributed by atoms with van der Waals surface area (Å²) in [6.45, 7) is 0.820. The van der Waals surface area contributed by atoms with E-state index in [9.17, 15) is 30.3 Å². The first-order valence-electron chi connectivity index (χ1n) is 8.39. The average Bonchev–Trinajstić information content (AvgIpc) is 2.67. The van der Waals surface area contributed by atoms with Gasteiger partial charge in [-0.25, -0.2) is 9.97 Å². The van der Waals surface area contributed by atoms with Gasteiger partial charge < -0.3 is 40.7 Å². The number of nitrogen functional groups attached to an aromatic ring is 1. The molecular formula is C15H21N5O8. The van der Waals surface area contributed by atoms with E-state index >= 15 is 0 Å². The van der Waals surface area contributed by atoms with Crippen molar-refractivity contribution in [3.05, 3.63) is 22.2 Å². The van der Waals surface area contributed by atoms with E-state index < -0.39 is 55.1 Å². The number of aliphatic hydroxyl groups excluding tert-OH is 5. The molecule has 2 aromatic rings. The molecule has 1 saturated heterocycles. The Bertz CT molecular complexity index is 892. The van der Waals surface area contributed by atoms with Crippen LogP contribution in [-0.4, -0.2) is 88.9 Å². The molecule has 0 aliphatic carbocycles. The van der Waals surface area contributed by atoms with E-state index in [0.717, 1.165) is 0 Å². The normalized spacial score (nSPS) is 30.3. The van der Waals surface area contributed by atoms with Crippen LogP contribution in [0.2, 0.25) is 0 Å². The van der Waals surface area contributed by atoms with Crippen molar-refractivity contribution in [2.45, 2.75) is 49.8 Å². The Morgan fingerprint density at radius 3 is 2.68 bits per heavy atom. The molecule has 28 heavy (non-hydrogen) atoms. The van der Waals surface area contributed by atoms with Gasteiger partial charge >= 0.3 is 0 Å². The van der Waals surface area contributed by atoms with E-state index in [0.29, 0.717) is 0 Å². The topological polar surface area (TPSA) is 217 Å². The molecule has 2 aromatic heterocycles. The highest BCUT2D eigenvalue weighted by atomic mass is 16.7. The van der Waals surface area contributed by atoms with Gasteiger partial charge in [0.15, 0.2) is 17.5 Å². The summed E-state index contributed by atoms with van der Waals surface area (Å²) in [4.78, 5) is 26.0. The zero-order valence-corrected chi connectivity index (χ0v) is 14.7. The number of nitrogens with zero attached hydrogens (tertiary/aromatic N) is 3. The number of rotatable bonds is 5. The molecule has 0 aromatic carbocycles. The number of hydrogen-bond acceptors (Lipinski definition) is 12. The molecule has 5 unspecified atom stereocenters. The van der Waals surface area contributed by atoms with E-state index in [1.54, 1.807) is 0 Å². The van der Waals surface area contributed by atoms with E-state index in [1.807, 2.05) is 0 Å². The predicted molar refractivity (Wildman–Crippen MR) is 91.6 cm³/mol. The highest BCUT2D eigenvalue weighted by Crippen LogP contribution is 2.26. The summed E-state index contributed by atoms with van der Waals surface area (Å²) < 4.78 is 10.7. The van der Waals surface area contributed by atoms with E-state index in [1.165, 1.54) is 13.1 Å². The van der Waals surface area contributed by atoms with Gasteiger partial charge in [0.2, 0.25) is 5.95 Å². The maximum atomic E-state index is 11.9. The number of ether oxygens (including phenoxy) is 2. The van der Waals surface area contributed by atoms with Gasteiger partial charge in [-0.15, -0.1) is 0 Å². The second-order valence-electron chi connectivity index (χ2n) is 6.40. The number of nitrogens with one attached hydrogen (secondary N) is 1. The molecule has 0 saturated carbocycles. The highest BCUT2D eigenvalue weighted by Gasteiger charge is 2.45. The number of aromatic amines is 1. The number of nitrogens with two attached hydrogens (primary N) is 1. The summed E-state index contributed by atoms with van der Waals surface area (Å²) in [5, 5.41) is 49.3. The highest BCUT2D eigenvalue weighted by molar-refractivity contribution is 5.69. The lowest BCUT2D eigenvalue weighted by molar-refractivity contribution is -0.315. The third-order valence-corrected chi connectivity index (χ3v) is 4.40. The van der Waals surface area contributed by atoms with Crippen LogP contribution in [-0.2, 0) is 9.47 Å². The Labute approximate surface area is 157 Å². The fraction of sp³-hybridized carbons (Fsp3) is 0.600. The summed E-state index contributed by atoms with van der Waals surface area (Å²) in [6.07, 6.45) is -8.58. The number of fused-ring (bicyclic) bond motifs is 1. The van der Waals surface area contributed by atoms with Crippen molar-refractivity contribution in [1.82, 2.24) is 19.9 Å². The van der Waals surface area contributed by atoms with Crippen LogP contribution >= 0.6 is 0 Å². The van der Waals surface area contributed by atoms with Gasteiger partial charge in [0.25, 0.3) is 5.56 Å². The fourth-order valence-electron chi connectivity index (χ4n) is 2.80. The van der Waals surface area contributed by atoms with Crippen LogP contribution in [0, 0.1) is 0 Å². The predicted octanol–water partition coefficient (Wildman–Crippen LogP) is -3.47. The molecule has 3 heterocycles. The van der Waals surface area contributed by atoms with Gasteiger partial charge in [-0.1, -0.05) is 0 Å². The van der Waals surface area contributed by atoms with Crippen LogP contribution in [0.1, 0.15) is 18.7 Å². The quantitative estimate of drug-likeness (QED) is 0.261. The van der Waals surface area contributed by atoms with Gasteiger partial charge in [0.05, 0.1) is 24.6 Å². The lowest BCUT2D eigenvalue weighted by atomic mass is 9.99. The van der Waals surface area contributed by atoms with Gasteiger partial charge in [-0.3, -0.25) is 9.78 Å². The molecule has 1 fully saturated rings. The van der Waals surface area contributed by atoms with Crippen LogP contribution in [0.25, 0.3) is 11.2 Å². The van der Waals surface area contributed by atoms with Crippen LogP contribution in [0.15, 0.2) is 11.0 Å². The molecule has 0 amide bonds. The molecule has 13 heteroatoms. The van der Waals surface area contributed by atoms with Gasteiger partial charge in [-0.05, 0) is 6.92 Å². The number of anilines is 1. The minimum atomic E-state index is -1.62. The molecule has 0 radical (unpaired) electrons. The maximum absolute atomic E-state index is 11.9. The summed E-state index contributed by atoms with van der Waals surface area (Å²) >= 11 is 0. The van der Waals surface area contributed by atoms with Gasteiger partial charge in [0.1, 0.15) is 30.5 Å². The third-order valence-electron chi connectivity index (χ3n) is 4.40. The zero-order chi connectivity index (χ0) is 20.6. The van der Waals surface area contributed by atoms with Gasteiger partial charge in [-0.2, -0.15) is 4.98 Å². The molecule has 8 N–H and O–H groups in total. The first kappa shape index (κ1) is 20.5. The SMILES string of the molecule is C[C@@H](OC1OC(CO)C(O)C(O)C1O)[C@H](O)c1cnc2nc(N)[nH]c(=O)c2n1. The molecule has 0 spiro atoms. The molecule has 1 aliphatic rings. The van der Waals surface area contributed by atoms with Crippen molar-refractivity contribution in [3.8, 4) is 0 Å². The average molecular weight is 399 g/mol. The lowest BCUT2D eigenvalue weighted by Crippen LogP contribution is -2.59. The summed E-state index contributed by atoms with van der Waals surface area (Å²) in [5.41, 5.74) is 4.66. The first-order valence-corrected chi connectivity index (χ1v) is 8.39. The molecule has 13 nitrogen and oxygen atoms in total. The zero-order valence-electron chi connectivity index (χ0n) is 14.7. The second-order valence-corrected chi connectivity index (χ2v) is 6.40. The van der Waals surface area contributed by atoms with Crippen molar-refractivity contribution < 1.29 is 35.0 Å². The fourth-order valence-corrected chi connectivity index (χ4v) is 2.80. The first-order chi connectivity index (χ1) is 13.2. The summed E-state index contributed by atoms with van der Waals surface area (Å²) in [6, 6.07) is 0. The van der Waals surface area contributed by atoms with Crippen molar-refractivity contribution in [1.29, 1.82) is 0 Å². The smallest absolute Gasteiger partial charge is 0.280 e. The van der Waals surface area contributed by atoms with Crippen molar-refractivity contribution in [3.63, 3.8) is 0 Å². The molecule has 7 atom stereocenters. The largest absolute Gasteiger partial charge is 0.394 e. The van der Waals surface area contributed by atoms with Crippen LogP contribution < -0.4 is 11.3 Å². The van der Waals surface area contributed by atoms with E-state index in [-0.39, 0.29) is 22.8 Å². The lowest BCUT2D eigenvalue weighted by Gasteiger charge is -2.40. The Morgan fingerprint density at radius 1 is 1.29 bits per heavy atom. The van der Waals surface area contributed by atoms with Crippen LogP contribution in [0.5, 0.6) is 0 Å². The number of aliphatic hydroxyl groups is 5. The standard InChI is InChI=1S/C15H21N5O8/c1-4(27-14-11(25)10(24)9(23)6(3-21)28-14)8(22)5-2-17-12-7(18-5)13(26)20-15(16)19-12/h2,4,6,8-11,14,21-25H,3H2,1H3,(H3,16,17,19,20,26)/t4-,6?,8+,9?,10?,11?,14?/m1/s1. The van der Waals surface area contributed by atoms with Crippen molar-refractivity contribution >= 4 is 17.1 Å². The minimum Gasteiger partial charge on any atom is -0.394 e. The van der Waals surface area contributed by atoms with Crippen molar-refractivity contribution in [2.75, 3.05) is 12.3 Å². The number of H-pyrrole nitrogens is 1.